The Hall–Kier alpha value is -0.320. The standard InChI is InChI=1S/C18H21F17O4S.Na/c1-2-3-4-5-6-7-10(39-40(36,37)38)8-9-11(19,20)12(21,22)13(23,24)14(25,26)15(27,28)16(29,30)17(31,32)18(33,34)35;/h10H,2-9H2,1H3,(H,36,37,38);/q;+1/p-1. The third kappa shape index (κ3) is 8.65. The Morgan fingerprint density at radius 3 is 1.32 bits per heavy atom. The van der Waals surface area contributed by atoms with Gasteiger partial charge in [0, 0.05) is 6.42 Å². The van der Waals surface area contributed by atoms with Crippen molar-refractivity contribution in [3.8, 4) is 0 Å². The molecule has 0 rings (SSSR count). The summed E-state index contributed by atoms with van der Waals surface area (Å²) < 4.78 is 262. The summed E-state index contributed by atoms with van der Waals surface area (Å²) >= 11 is 0. The van der Waals surface area contributed by atoms with Gasteiger partial charge in [0.15, 0.2) is 0 Å². The maximum atomic E-state index is 14.0. The SMILES string of the molecule is CCCCCCCC(CCC(F)(F)C(F)(F)C(F)(F)C(F)(F)C(F)(F)C(F)(F)C(F)(F)C(F)(F)F)OS(=O)(=O)[O-].[Na+]. The van der Waals surface area contributed by atoms with Gasteiger partial charge in [-0.2, -0.15) is 74.6 Å². The van der Waals surface area contributed by atoms with E-state index in [1.807, 2.05) is 0 Å². The van der Waals surface area contributed by atoms with Crippen LogP contribution in [0, 0.1) is 0 Å². The summed E-state index contributed by atoms with van der Waals surface area (Å²) in [5.74, 6) is -57.3. The summed E-state index contributed by atoms with van der Waals surface area (Å²) in [6, 6.07) is 0. The van der Waals surface area contributed by atoms with Gasteiger partial charge in [-0.3, -0.25) is 4.18 Å². The molecule has 0 bridgehead atoms. The van der Waals surface area contributed by atoms with Gasteiger partial charge in [-0.15, -0.1) is 0 Å². The average Bonchev–Trinajstić information content (AvgIpc) is 2.74. The zero-order chi connectivity index (χ0) is 32.4. The summed E-state index contributed by atoms with van der Waals surface area (Å²) in [6.07, 6.45) is -13.9. The van der Waals surface area contributed by atoms with Gasteiger partial charge in [-0.25, -0.2) is 8.42 Å². The van der Waals surface area contributed by atoms with Crippen molar-refractivity contribution in [1.29, 1.82) is 0 Å². The van der Waals surface area contributed by atoms with E-state index in [9.17, 15) is 87.6 Å². The largest absolute Gasteiger partial charge is 1.00 e. The van der Waals surface area contributed by atoms with Crippen molar-refractivity contribution < 1.29 is 121 Å². The van der Waals surface area contributed by atoms with Crippen molar-refractivity contribution in [3.05, 3.63) is 0 Å². The maximum Gasteiger partial charge on any atom is 1.00 e. The summed E-state index contributed by atoms with van der Waals surface area (Å²) in [5, 5.41) is 0. The molecule has 0 saturated carbocycles. The first-order chi connectivity index (χ1) is 17.4. The minimum absolute atomic E-state index is 0. The van der Waals surface area contributed by atoms with E-state index in [1.54, 1.807) is 6.92 Å². The van der Waals surface area contributed by atoms with E-state index < -0.39 is 83.4 Å². The molecule has 0 aliphatic carbocycles. The van der Waals surface area contributed by atoms with E-state index in [2.05, 4.69) is 4.18 Å². The Morgan fingerprint density at radius 2 is 0.951 bits per heavy atom. The average molecular weight is 678 g/mol. The number of hydrogen-bond donors (Lipinski definition) is 0. The summed E-state index contributed by atoms with van der Waals surface area (Å²) in [4.78, 5) is 0. The van der Waals surface area contributed by atoms with E-state index in [0.29, 0.717) is 19.3 Å². The molecule has 0 aromatic carbocycles. The van der Waals surface area contributed by atoms with Crippen LogP contribution in [0.15, 0.2) is 0 Å². The van der Waals surface area contributed by atoms with Crippen molar-refractivity contribution >= 4 is 10.4 Å². The zero-order valence-corrected chi connectivity index (χ0v) is 23.5. The van der Waals surface area contributed by atoms with E-state index >= 15 is 0 Å². The smallest absolute Gasteiger partial charge is 0.726 e. The van der Waals surface area contributed by atoms with Crippen molar-refractivity contribution in [3.63, 3.8) is 0 Å². The normalized spacial score (nSPS) is 16.0. The molecule has 23 heteroatoms. The minimum Gasteiger partial charge on any atom is -0.726 e. The molecule has 0 saturated heterocycles. The first-order valence-electron chi connectivity index (χ1n) is 10.7. The van der Waals surface area contributed by atoms with Gasteiger partial charge in [0.05, 0.1) is 6.10 Å². The van der Waals surface area contributed by atoms with Crippen LogP contribution in [0.3, 0.4) is 0 Å². The molecule has 1 atom stereocenters. The predicted molar refractivity (Wildman–Crippen MR) is 97.9 cm³/mol. The number of alkyl halides is 17. The van der Waals surface area contributed by atoms with E-state index in [1.165, 1.54) is 0 Å². The molecule has 41 heavy (non-hydrogen) atoms. The molecule has 4 nitrogen and oxygen atoms in total. The maximum absolute atomic E-state index is 14.0. The molecule has 0 fully saturated rings. The van der Waals surface area contributed by atoms with E-state index in [0.717, 1.165) is 0 Å². The Bertz CT molecular complexity index is 938. The van der Waals surface area contributed by atoms with Crippen molar-refractivity contribution in [2.45, 2.75) is 112 Å². The third-order valence-corrected chi connectivity index (χ3v) is 5.96. The van der Waals surface area contributed by atoms with E-state index in [4.69, 9.17) is 0 Å². The Labute approximate surface area is 243 Å². The fourth-order valence-corrected chi connectivity index (χ4v) is 3.60. The van der Waals surface area contributed by atoms with Gasteiger partial charge in [-0.1, -0.05) is 39.0 Å². The molecular weight excluding hydrogens is 658 g/mol. The second-order valence-corrected chi connectivity index (χ2v) is 9.53. The Kier molecular flexibility index (Phi) is 14.4. The monoisotopic (exact) mass is 678 g/mol. The second kappa shape index (κ2) is 13.8. The van der Waals surface area contributed by atoms with E-state index in [-0.39, 0.29) is 42.4 Å². The molecule has 1 unspecified atom stereocenters. The zero-order valence-electron chi connectivity index (χ0n) is 20.7. The molecule has 0 aromatic rings. The van der Waals surface area contributed by atoms with Gasteiger partial charge < -0.3 is 4.55 Å². The van der Waals surface area contributed by atoms with Gasteiger partial charge in [0.25, 0.3) is 0 Å². The number of hydrogen-bond acceptors (Lipinski definition) is 4. The molecule has 0 heterocycles. The first kappa shape index (κ1) is 42.8. The van der Waals surface area contributed by atoms with Crippen molar-refractivity contribution in [2.75, 3.05) is 0 Å². The molecule has 0 aliphatic rings. The van der Waals surface area contributed by atoms with Crippen LogP contribution in [0.25, 0.3) is 0 Å². The third-order valence-electron chi connectivity index (χ3n) is 5.45. The topological polar surface area (TPSA) is 66.4 Å². The van der Waals surface area contributed by atoms with Crippen LogP contribution in [-0.2, 0) is 14.6 Å². The molecule has 0 radical (unpaired) electrons. The van der Waals surface area contributed by atoms with Gasteiger partial charge in [0.1, 0.15) is 0 Å². The van der Waals surface area contributed by atoms with Gasteiger partial charge in [-0.05, 0) is 12.8 Å². The summed E-state index contributed by atoms with van der Waals surface area (Å²) in [5.41, 5.74) is 0. The number of unbranched alkanes of at least 4 members (excludes halogenated alkanes) is 4. The number of rotatable bonds is 17. The molecule has 0 N–H and O–H groups in total. The summed E-state index contributed by atoms with van der Waals surface area (Å²) in [7, 11) is -5.78. The predicted octanol–water partition coefficient (Wildman–Crippen LogP) is 4.99. The van der Waals surface area contributed by atoms with Crippen LogP contribution in [0.1, 0.15) is 58.3 Å². The van der Waals surface area contributed by atoms with Gasteiger partial charge >= 0.3 is 77.2 Å². The molecule has 0 spiro atoms. The summed E-state index contributed by atoms with van der Waals surface area (Å²) in [6.45, 7) is 1.73. The van der Waals surface area contributed by atoms with Crippen LogP contribution in [-0.4, -0.2) is 66.7 Å². The van der Waals surface area contributed by atoms with Crippen LogP contribution in [0.5, 0.6) is 0 Å². The van der Waals surface area contributed by atoms with Crippen molar-refractivity contribution in [1.82, 2.24) is 0 Å². The van der Waals surface area contributed by atoms with Gasteiger partial charge in [0.2, 0.25) is 10.4 Å². The number of halogens is 17. The van der Waals surface area contributed by atoms with Crippen LogP contribution >= 0.6 is 0 Å². The fraction of sp³-hybridized carbons (Fsp3) is 1.00. The molecule has 0 amide bonds. The Morgan fingerprint density at radius 1 is 0.585 bits per heavy atom. The Balaban J connectivity index is 0. The van der Waals surface area contributed by atoms with Crippen molar-refractivity contribution in [2.24, 2.45) is 0 Å². The molecule has 0 aliphatic heterocycles. The van der Waals surface area contributed by atoms with Crippen LogP contribution < -0.4 is 29.6 Å². The van der Waals surface area contributed by atoms with Crippen LogP contribution in [0.2, 0.25) is 0 Å². The second-order valence-electron chi connectivity index (χ2n) is 8.52. The first-order valence-corrected chi connectivity index (χ1v) is 12.1. The molecule has 242 valence electrons. The van der Waals surface area contributed by atoms with Crippen LogP contribution in [0.4, 0.5) is 74.6 Å². The minimum atomic E-state index is -8.73. The quantitative estimate of drug-likeness (QED) is 0.0716. The molecule has 0 aromatic heterocycles. The molecular formula is C18H20F17NaO4S. The fourth-order valence-electron chi connectivity index (χ4n) is 3.08.